The molecule has 0 unspecified atom stereocenters. The molecule has 1 nitrogen and oxygen atoms in total. The normalized spacial score (nSPS) is 11.1. The van der Waals surface area contributed by atoms with Crippen LogP contribution in [0.1, 0.15) is 5.56 Å². The molecular weight excluding hydrogens is 196 g/mol. The first-order valence-electron chi connectivity index (χ1n) is 5.37. The maximum Gasteiger partial charge on any atom is 0.116 e. The van der Waals surface area contributed by atoms with Gasteiger partial charge in [0.25, 0.3) is 0 Å². The van der Waals surface area contributed by atoms with Crippen LogP contribution in [-0.2, 0) is 0 Å². The van der Waals surface area contributed by atoms with E-state index in [4.69, 9.17) is 0 Å². The fourth-order valence-corrected chi connectivity index (χ4v) is 2.24. The summed E-state index contributed by atoms with van der Waals surface area (Å²) in [7, 11) is 0. The monoisotopic (exact) mass is 208 g/mol. The number of aromatic hydroxyl groups is 1. The van der Waals surface area contributed by atoms with Gasteiger partial charge in [0.2, 0.25) is 0 Å². The molecule has 0 bridgehead atoms. The molecule has 0 aliphatic heterocycles. The molecule has 78 valence electrons. The minimum atomic E-state index is 0.319. The average molecular weight is 208 g/mol. The van der Waals surface area contributed by atoms with Gasteiger partial charge in [-0.25, -0.2) is 0 Å². The molecule has 0 saturated heterocycles. The topological polar surface area (TPSA) is 20.2 Å². The van der Waals surface area contributed by atoms with Gasteiger partial charge >= 0.3 is 0 Å². The number of phenolic OH excluding ortho intramolecular Hbond substituents is 1. The number of hydrogen-bond donors (Lipinski definition) is 1. The summed E-state index contributed by atoms with van der Waals surface area (Å²) in [4.78, 5) is 0. The zero-order valence-electron chi connectivity index (χ0n) is 9.07. The first-order valence-corrected chi connectivity index (χ1v) is 5.37. The molecule has 3 aromatic rings. The van der Waals surface area contributed by atoms with Crippen LogP contribution in [0.5, 0.6) is 5.75 Å². The summed E-state index contributed by atoms with van der Waals surface area (Å²) >= 11 is 0. The summed E-state index contributed by atoms with van der Waals surface area (Å²) in [5.74, 6) is 0.319. The van der Waals surface area contributed by atoms with Crippen molar-refractivity contribution in [1.29, 1.82) is 0 Å². The van der Waals surface area contributed by atoms with E-state index in [1.165, 1.54) is 21.7 Å². The molecule has 0 amide bonds. The van der Waals surface area contributed by atoms with Crippen LogP contribution < -0.4 is 0 Å². The Morgan fingerprint density at radius 3 is 2.50 bits per heavy atom. The SMILES string of the molecule is Cc1cccc2c1ccc1cc(O)ccc12. The van der Waals surface area contributed by atoms with Gasteiger partial charge in [0.15, 0.2) is 0 Å². The van der Waals surface area contributed by atoms with Crippen molar-refractivity contribution in [2.75, 3.05) is 0 Å². The lowest BCUT2D eigenvalue weighted by Gasteiger charge is -2.06. The molecule has 0 aliphatic rings. The highest BCUT2D eigenvalue weighted by Gasteiger charge is 2.02. The molecule has 0 atom stereocenters. The maximum atomic E-state index is 9.46. The first-order chi connectivity index (χ1) is 7.75. The van der Waals surface area contributed by atoms with Crippen LogP contribution in [-0.4, -0.2) is 5.11 Å². The van der Waals surface area contributed by atoms with Crippen molar-refractivity contribution in [3.63, 3.8) is 0 Å². The van der Waals surface area contributed by atoms with E-state index in [9.17, 15) is 5.11 Å². The van der Waals surface area contributed by atoms with E-state index in [0.717, 1.165) is 5.39 Å². The van der Waals surface area contributed by atoms with Crippen molar-refractivity contribution in [2.45, 2.75) is 6.92 Å². The average Bonchev–Trinajstić information content (AvgIpc) is 2.28. The third kappa shape index (κ3) is 1.25. The molecule has 0 spiro atoms. The Morgan fingerprint density at radius 1 is 0.812 bits per heavy atom. The number of benzene rings is 3. The molecule has 0 radical (unpaired) electrons. The van der Waals surface area contributed by atoms with Crippen molar-refractivity contribution in [2.24, 2.45) is 0 Å². The van der Waals surface area contributed by atoms with Crippen molar-refractivity contribution in [1.82, 2.24) is 0 Å². The Labute approximate surface area is 94.0 Å². The Hall–Kier alpha value is -2.02. The van der Waals surface area contributed by atoms with E-state index < -0.39 is 0 Å². The molecule has 1 heteroatoms. The summed E-state index contributed by atoms with van der Waals surface area (Å²) in [6.07, 6.45) is 0. The molecule has 0 saturated carbocycles. The van der Waals surface area contributed by atoms with E-state index in [1.54, 1.807) is 12.1 Å². The number of fused-ring (bicyclic) bond motifs is 3. The zero-order valence-corrected chi connectivity index (χ0v) is 9.07. The summed E-state index contributed by atoms with van der Waals surface area (Å²) in [5, 5.41) is 14.3. The van der Waals surface area contributed by atoms with Gasteiger partial charge in [0, 0.05) is 0 Å². The van der Waals surface area contributed by atoms with Gasteiger partial charge in [-0.3, -0.25) is 0 Å². The van der Waals surface area contributed by atoms with Gasteiger partial charge in [-0.15, -0.1) is 0 Å². The molecule has 0 fully saturated rings. The van der Waals surface area contributed by atoms with Crippen LogP contribution in [0, 0.1) is 6.92 Å². The number of phenols is 1. The van der Waals surface area contributed by atoms with Crippen molar-refractivity contribution in [3.8, 4) is 5.75 Å². The summed E-state index contributed by atoms with van der Waals surface area (Å²) in [6.45, 7) is 2.12. The number of aryl methyl sites for hydroxylation is 1. The first kappa shape index (κ1) is 9.22. The maximum absolute atomic E-state index is 9.46. The van der Waals surface area contributed by atoms with Gasteiger partial charge in [-0.2, -0.15) is 0 Å². The third-order valence-corrected chi connectivity index (χ3v) is 3.08. The quantitative estimate of drug-likeness (QED) is 0.553. The standard InChI is InChI=1S/C15H12O/c1-10-3-2-4-15-13(10)7-5-11-9-12(16)6-8-14(11)15/h2-9,16H,1H3. The second kappa shape index (κ2) is 3.24. The fourth-order valence-electron chi connectivity index (χ4n) is 2.24. The molecule has 3 aromatic carbocycles. The summed E-state index contributed by atoms with van der Waals surface area (Å²) < 4.78 is 0. The molecule has 0 aliphatic carbocycles. The Balaban J connectivity index is 2.55. The highest BCUT2D eigenvalue weighted by atomic mass is 16.3. The largest absolute Gasteiger partial charge is 0.508 e. The zero-order chi connectivity index (χ0) is 11.1. The predicted molar refractivity (Wildman–Crippen MR) is 67.9 cm³/mol. The lowest BCUT2D eigenvalue weighted by Crippen LogP contribution is -1.80. The minimum Gasteiger partial charge on any atom is -0.508 e. The van der Waals surface area contributed by atoms with E-state index >= 15 is 0 Å². The van der Waals surface area contributed by atoms with E-state index in [0.29, 0.717) is 5.75 Å². The molecule has 3 rings (SSSR count). The van der Waals surface area contributed by atoms with Crippen LogP contribution in [0.25, 0.3) is 21.5 Å². The second-order valence-electron chi connectivity index (χ2n) is 4.14. The molecule has 0 aromatic heterocycles. The number of hydrogen-bond acceptors (Lipinski definition) is 1. The summed E-state index contributed by atoms with van der Waals surface area (Å²) in [5.41, 5.74) is 1.28. The summed E-state index contributed by atoms with van der Waals surface area (Å²) in [6, 6.07) is 16.0. The van der Waals surface area contributed by atoms with Crippen molar-refractivity contribution < 1.29 is 5.11 Å². The molecule has 16 heavy (non-hydrogen) atoms. The van der Waals surface area contributed by atoms with Crippen LogP contribution >= 0.6 is 0 Å². The highest BCUT2D eigenvalue weighted by Crippen LogP contribution is 2.29. The van der Waals surface area contributed by atoms with Gasteiger partial charge in [0.05, 0.1) is 0 Å². The van der Waals surface area contributed by atoms with Crippen LogP contribution in [0.4, 0.5) is 0 Å². The van der Waals surface area contributed by atoms with Crippen molar-refractivity contribution >= 4 is 21.5 Å². The van der Waals surface area contributed by atoms with Crippen LogP contribution in [0.15, 0.2) is 48.5 Å². The van der Waals surface area contributed by atoms with Gasteiger partial charge in [-0.1, -0.05) is 36.4 Å². The fraction of sp³-hybridized carbons (Fsp3) is 0.0667. The Morgan fingerprint density at radius 2 is 1.62 bits per heavy atom. The predicted octanol–water partition coefficient (Wildman–Crippen LogP) is 4.01. The van der Waals surface area contributed by atoms with E-state index in [1.807, 2.05) is 6.07 Å². The van der Waals surface area contributed by atoms with Crippen LogP contribution in [0.2, 0.25) is 0 Å². The molecular formula is C15H12O. The number of rotatable bonds is 0. The molecule has 1 N–H and O–H groups in total. The Bertz CT molecular complexity index is 683. The third-order valence-electron chi connectivity index (χ3n) is 3.08. The highest BCUT2D eigenvalue weighted by molar-refractivity contribution is 6.08. The lowest BCUT2D eigenvalue weighted by molar-refractivity contribution is 0.476. The van der Waals surface area contributed by atoms with E-state index in [-0.39, 0.29) is 0 Å². The van der Waals surface area contributed by atoms with E-state index in [2.05, 4.69) is 37.3 Å². The van der Waals surface area contributed by atoms with Gasteiger partial charge < -0.3 is 5.11 Å². The molecule has 0 heterocycles. The van der Waals surface area contributed by atoms with Crippen LogP contribution in [0.3, 0.4) is 0 Å². The Kier molecular flexibility index (Phi) is 1.87. The van der Waals surface area contributed by atoms with Crippen molar-refractivity contribution in [3.05, 3.63) is 54.1 Å². The minimum absolute atomic E-state index is 0.319. The van der Waals surface area contributed by atoms with Gasteiger partial charge in [-0.05, 0) is 46.2 Å². The van der Waals surface area contributed by atoms with Gasteiger partial charge in [0.1, 0.15) is 5.75 Å². The lowest BCUT2D eigenvalue weighted by atomic mass is 9.99. The second-order valence-corrected chi connectivity index (χ2v) is 4.14. The smallest absolute Gasteiger partial charge is 0.116 e.